The van der Waals surface area contributed by atoms with Crippen LogP contribution in [-0.2, 0) is 9.84 Å². The van der Waals surface area contributed by atoms with Crippen molar-refractivity contribution in [1.82, 2.24) is 19.6 Å². The number of benzene rings is 2. The van der Waals surface area contributed by atoms with Gasteiger partial charge in [-0.05, 0) is 24.6 Å². The number of carbonyl (C=O) groups excluding carboxylic acids is 1. The lowest BCUT2D eigenvalue weighted by molar-refractivity contribution is 0.0582. The summed E-state index contributed by atoms with van der Waals surface area (Å²) in [4.78, 5) is 30.4. The van der Waals surface area contributed by atoms with E-state index in [2.05, 4.69) is 10.00 Å². The molecule has 0 aliphatic carbocycles. The molecule has 3 aromatic rings. The Hall–Kier alpha value is -3.04. The van der Waals surface area contributed by atoms with Crippen LogP contribution in [0.3, 0.4) is 0 Å². The fourth-order valence-electron chi connectivity index (χ4n) is 4.59. The number of nitrogens with zero attached hydrogens (tertiary/aromatic N) is 4. The second-order valence-electron chi connectivity index (χ2n) is 8.33. The molecular formula is C23H24N4O4S. The number of para-hydroxylation sites is 1. The number of hydrogen-bond acceptors (Lipinski definition) is 6. The quantitative estimate of drug-likeness (QED) is 0.595. The van der Waals surface area contributed by atoms with Crippen LogP contribution >= 0.6 is 0 Å². The van der Waals surface area contributed by atoms with Gasteiger partial charge in [-0.15, -0.1) is 0 Å². The second kappa shape index (κ2) is 8.14. The summed E-state index contributed by atoms with van der Waals surface area (Å²) >= 11 is 0. The van der Waals surface area contributed by atoms with E-state index in [9.17, 15) is 18.0 Å². The number of fused-ring (bicyclic) bond motifs is 1. The third kappa shape index (κ3) is 3.82. The Morgan fingerprint density at radius 3 is 2.22 bits per heavy atom. The zero-order valence-electron chi connectivity index (χ0n) is 17.6. The molecule has 0 spiro atoms. The first-order valence-electron chi connectivity index (χ1n) is 10.7. The number of piperazine rings is 1. The summed E-state index contributed by atoms with van der Waals surface area (Å²) in [6.45, 7) is 2.25. The summed E-state index contributed by atoms with van der Waals surface area (Å²) < 4.78 is 24.9. The molecule has 2 aromatic carbocycles. The van der Waals surface area contributed by atoms with E-state index in [4.69, 9.17) is 0 Å². The van der Waals surface area contributed by atoms with Crippen LogP contribution in [0.5, 0.6) is 0 Å². The predicted octanol–water partition coefficient (Wildman–Crippen LogP) is 1.33. The largest absolute Gasteiger partial charge is 0.335 e. The standard InChI is InChI=1S/C23H24N4O4S/c28-22-20-9-5-4-8-19(20)21(24-27(22)17-6-2-1-3-7-17)23(29)26-13-11-25(12-14-26)18-10-15-32(30,31)16-18/h1-9,18H,10-16H2. The van der Waals surface area contributed by atoms with Crippen LogP contribution in [0, 0.1) is 0 Å². The van der Waals surface area contributed by atoms with Gasteiger partial charge >= 0.3 is 0 Å². The number of carbonyl (C=O) groups is 1. The van der Waals surface area contributed by atoms with E-state index in [1.165, 1.54) is 4.68 Å². The van der Waals surface area contributed by atoms with Gasteiger partial charge in [0.05, 0.1) is 22.6 Å². The Morgan fingerprint density at radius 2 is 1.56 bits per heavy atom. The third-order valence-corrected chi connectivity index (χ3v) is 8.08. The van der Waals surface area contributed by atoms with Crippen molar-refractivity contribution in [2.75, 3.05) is 37.7 Å². The fraction of sp³-hybridized carbons (Fsp3) is 0.348. The molecule has 8 nitrogen and oxygen atoms in total. The predicted molar refractivity (Wildman–Crippen MR) is 122 cm³/mol. The Balaban J connectivity index is 1.44. The number of hydrogen-bond donors (Lipinski definition) is 0. The van der Waals surface area contributed by atoms with Crippen molar-refractivity contribution in [2.24, 2.45) is 0 Å². The lowest BCUT2D eigenvalue weighted by atomic mass is 10.1. The van der Waals surface area contributed by atoms with Gasteiger partial charge in [-0.2, -0.15) is 9.78 Å². The van der Waals surface area contributed by atoms with Crippen molar-refractivity contribution in [1.29, 1.82) is 0 Å². The number of amides is 1. The highest BCUT2D eigenvalue weighted by atomic mass is 32.2. The van der Waals surface area contributed by atoms with Crippen LogP contribution in [0.1, 0.15) is 16.9 Å². The van der Waals surface area contributed by atoms with E-state index >= 15 is 0 Å². The minimum Gasteiger partial charge on any atom is -0.335 e. The van der Waals surface area contributed by atoms with Gasteiger partial charge < -0.3 is 4.90 Å². The van der Waals surface area contributed by atoms with Gasteiger partial charge in [0, 0.05) is 37.6 Å². The third-order valence-electron chi connectivity index (χ3n) is 6.33. The summed E-state index contributed by atoms with van der Waals surface area (Å²) in [5.74, 6) is 0.229. The number of aromatic nitrogens is 2. The highest BCUT2D eigenvalue weighted by Gasteiger charge is 2.35. The fourth-order valence-corrected chi connectivity index (χ4v) is 6.36. The second-order valence-corrected chi connectivity index (χ2v) is 10.6. The van der Waals surface area contributed by atoms with Crippen molar-refractivity contribution in [3.8, 4) is 5.69 Å². The van der Waals surface area contributed by atoms with Gasteiger partial charge in [0.1, 0.15) is 0 Å². The van der Waals surface area contributed by atoms with Crippen LogP contribution in [0.4, 0.5) is 0 Å². The zero-order valence-corrected chi connectivity index (χ0v) is 18.4. The smallest absolute Gasteiger partial charge is 0.279 e. The van der Waals surface area contributed by atoms with Crippen LogP contribution in [-0.4, -0.2) is 77.6 Å². The lowest BCUT2D eigenvalue weighted by Gasteiger charge is -2.37. The van der Waals surface area contributed by atoms with E-state index in [1.54, 1.807) is 41.3 Å². The topological polar surface area (TPSA) is 92.6 Å². The van der Waals surface area contributed by atoms with Crippen molar-refractivity contribution in [2.45, 2.75) is 12.5 Å². The maximum absolute atomic E-state index is 13.5. The van der Waals surface area contributed by atoms with Crippen molar-refractivity contribution in [3.63, 3.8) is 0 Å². The van der Waals surface area contributed by atoms with Crippen molar-refractivity contribution < 1.29 is 13.2 Å². The Labute approximate surface area is 186 Å². The Morgan fingerprint density at radius 1 is 0.906 bits per heavy atom. The zero-order chi connectivity index (χ0) is 22.3. The van der Waals surface area contributed by atoms with Gasteiger partial charge in [-0.25, -0.2) is 8.42 Å². The highest BCUT2D eigenvalue weighted by Crippen LogP contribution is 2.21. The molecule has 1 atom stereocenters. The van der Waals surface area contributed by atoms with Crippen molar-refractivity contribution >= 4 is 26.5 Å². The highest BCUT2D eigenvalue weighted by molar-refractivity contribution is 7.91. The molecule has 0 radical (unpaired) electrons. The first-order valence-corrected chi connectivity index (χ1v) is 12.6. The lowest BCUT2D eigenvalue weighted by Crippen LogP contribution is -2.52. The van der Waals surface area contributed by atoms with Crippen molar-refractivity contribution in [3.05, 3.63) is 70.6 Å². The molecule has 0 saturated carbocycles. The molecule has 5 rings (SSSR count). The monoisotopic (exact) mass is 452 g/mol. The molecular weight excluding hydrogens is 428 g/mol. The maximum Gasteiger partial charge on any atom is 0.279 e. The summed E-state index contributed by atoms with van der Waals surface area (Å²) in [6.07, 6.45) is 0.657. The Bertz CT molecular complexity index is 1330. The SMILES string of the molecule is O=C(c1nn(-c2ccccc2)c(=O)c2ccccc12)N1CCN(C2CCS(=O)(=O)C2)CC1. The summed E-state index contributed by atoms with van der Waals surface area (Å²) in [5, 5.41) is 5.47. The molecule has 2 aliphatic rings. The van der Waals surface area contributed by atoms with Gasteiger partial charge in [0.25, 0.3) is 11.5 Å². The van der Waals surface area contributed by atoms with Gasteiger partial charge in [0.15, 0.2) is 15.5 Å². The average molecular weight is 453 g/mol. The molecule has 3 heterocycles. The Kier molecular flexibility index (Phi) is 5.30. The van der Waals surface area contributed by atoms with E-state index in [0.29, 0.717) is 49.1 Å². The van der Waals surface area contributed by atoms with E-state index in [1.807, 2.05) is 18.2 Å². The van der Waals surface area contributed by atoms with E-state index in [0.717, 1.165) is 0 Å². The van der Waals surface area contributed by atoms with E-state index in [-0.39, 0.29) is 34.7 Å². The van der Waals surface area contributed by atoms with Crippen LogP contribution in [0.25, 0.3) is 16.5 Å². The molecule has 2 saturated heterocycles. The van der Waals surface area contributed by atoms with Crippen LogP contribution < -0.4 is 5.56 Å². The number of sulfone groups is 1. The average Bonchev–Trinajstić information content (AvgIpc) is 3.19. The molecule has 32 heavy (non-hydrogen) atoms. The summed E-state index contributed by atoms with van der Waals surface area (Å²) in [5.41, 5.74) is 0.584. The summed E-state index contributed by atoms with van der Waals surface area (Å²) in [6, 6.07) is 16.2. The number of rotatable bonds is 3. The first-order chi connectivity index (χ1) is 15.4. The maximum atomic E-state index is 13.5. The van der Waals surface area contributed by atoms with Gasteiger partial charge in [-0.1, -0.05) is 36.4 Å². The molecule has 0 N–H and O–H groups in total. The van der Waals surface area contributed by atoms with Gasteiger partial charge in [-0.3, -0.25) is 14.5 Å². The first kappa shape index (κ1) is 20.8. The molecule has 1 aromatic heterocycles. The van der Waals surface area contributed by atoms with E-state index < -0.39 is 9.84 Å². The normalized spacial score (nSPS) is 21.1. The van der Waals surface area contributed by atoms with Gasteiger partial charge in [0.2, 0.25) is 0 Å². The minimum atomic E-state index is -2.94. The summed E-state index contributed by atoms with van der Waals surface area (Å²) in [7, 11) is -2.94. The molecule has 2 aliphatic heterocycles. The van der Waals surface area contributed by atoms with Crippen LogP contribution in [0.15, 0.2) is 59.4 Å². The molecule has 1 amide bonds. The van der Waals surface area contributed by atoms with Crippen LogP contribution in [0.2, 0.25) is 0 Å². The molecule has 9 heteroatoms. The molecule has 0 bridgehead atoms. The molecule has 166 valence electrons. The molecule has 2 fully saturated rings. The molecule has 1 unspecified atom stereocenters. The minimum absolute atomic E-state index is 0.0381.